The highest BCUT2D eigenvalue weighted by atomic mass is 35.5. The molecule has 0 saturated heterocycles. The van der Waals surface area contributed by atoms with Crippen molar-refractivity contribution in [1.82, 2.24) is 15.1 Å². The molecule has 0 aliphatic carbocycles. The van der Waals surface area contributed by atoms with Crippen molar-refractivity contribution in [3.63, 3.8) is 0 Å². The van der Waals surface area contributed by atoms with E-state index >= 15 is 0 Å². The molecule has 0 bridgehead atoms. The lowest BCUT2D eigenvalue weighted by atomic mass is 10.1. The molecule has 2 rings (SSSR count). The van der Waals surface area contributed by atoms with Crippen LogP contribution >= 0.6 is 11.6 Å². The summed E-state index contributed by atoms with van der Waals surface area (Å²) in [6.45, 7) is 6.90. The molecule has 0 fully saturated rings. The van der Waals surface area contributed by atoms with Crippen LogP contribution in [-0.2, 0) is 6.54 Å². The molecular weight excluding hydrogens is 265 g/mol. The second-order valence-corrected chi connectivity index (χ2v) is 5.89. The van der Waals surface area contributed by atoms with E-state index in [0.29, 0.717) is 17.3 Å². The number of hydrogen-bond acceptors (Lipinski definition) is 2. The summed E-state index contributed by atoms with van der Waals surface area (Å²) in [5.74, 6) is -0.383. The fraction of sp³-hybridized carbons (Fsp3) is 0.357. The van der Waals surface area contributed by atoms with Crippen LogP contribution in [0.4, 0.5) is 4.39 Å². The van der Waals surface area contributed by atoms with Crippen molar-refractivity contribution < 1.29 is 4.39 Å². The van der Waals surface area contributed by atoms with Crippen LogP contribution in [0.25, 0.3) is 5.69 Å². The third-order valence-corrected chi connectivity index (χ3v) is 2.84. The van der Waals surface area contributed by atoms with Gasteiger partial charge in [0.1, 0.15) is 11.5 Å². The maximum absolute atomic E-state index is 13.8. The molecule has 19 heavy (non-hydrogen) atoms. The highest BCUT2D eigenvalue weighted by molar-refractivity contribution is 6.30. The van der Waals surface area contributed by atoms with E-state index in [4.69, 9.17) is 11.6 Å². The van der Waals surface area contributed by atoms with E-state index in [9.17, 15) is 4.39 Å². The SMILES string of the molecule is CC(C)(C)NCc1ccn(-c2ccc(Cl)cc2F)n1. The van der Waals surface area contributed by atoms with Gasteiger partial charge in [0.2, 0.25) is 0 Å². The molecule has 1 N–H and O–H groups in total. The largest absolute Gasteiger partial charge is 0.306 e. The van der Waals surface area contributed by atoms with Crippen LogP contribution in [0.5, 0.6) is 0 Å². The molecule has 1 aromatic carbocycles. The smallest absolute Gasteiger partial charge is 0.150 e. The molecule has 0 spiro atoms. The Labute approximate surface area is 117 Å². The Hall–Kier alpha value is -1.39. The number of aromatic nitrogens is 2. The van der Waals surface area contributed by atoms with Gasteiger partial charge in [-0.25, -0.2) is 9.07 Å². The zero-order valence-electron chi connectivity index (χ0n) is 11.2. The van der Waals surface area contributed by atoms with Crippen molar-refractivity contribution in [3.8, 4) is 5.69 Å². The van der Waals surface area contributed by atoms with Gasteiger partial charge in [-0.05, 0) is 45.0 Å². The summed E-state index contributed by atoms with van der Waals surface area (Å²) < 4.78 is 15.3. The third kappa shape index (κ3) is 3.78. The van der Waals surface area contributed by atoms with E-state index in [2.05, 4.69) is 31.2 Å². The lowest BCUT2D eigenvalue weighted by molar-refractivity contribution is 0.420. The molecule has 5 heteroatoms. The fourth-order valence-electron chi connectivity index (χ4n) is 1.61. The highest BCUT2D eigenvalue weighted by Crippen LogP contribution is 2.18. The standard InChI is InChI=1S/C14H17ClFN3/c1-14(2,3)17-9-11-6-7-19(18-11)13-5-4-10(15)8-12(13)16/h4-8,17H,9H2,1-3H3. The van der Waals surface area contributed by atoms with E-state index in [1.807, 2.05) is 6.07 Å². The first-order valence-electron chi connectivity index (χ1n) is 6.10. The molecule has 0 unspecified atom stereocenters. The Morgan fingerprint density at radius 2 is 2.05 bits per heavy atom. The van der Waals surface area contributed by atoms with Crippen molar-refractivity contribution in [3.05, 3.63) is 47.0 Å². The van der Waals surface area contributed by atoms with Crippen LogP contribution < -0.4 is 5.32 Å². The summed E-state index contributed by atoms with van der Waals surface area (Å²) in [5, 5.41) is 8.06. The van der Waals surface area contributed by atoms with E-state index in [0.717, 1.165) is 5.69 Å². The average Bonchev–Trinajstić information content (AvgIpc) is 2.74. The Bertz CT molecular complexity index is 572. The molecule has 0 aliphatic heterocycles. The predicted octanol–water partition coefficient (Wildman–Crippen LogP) is 3.55. The maximum Gasteiger partial charge on any atom is 0.150 e. The summed E-state index contributed by atoms with van der Waals surface area (Å²) in [4.78, 5) is 0. The van der Waals surface area contributed by atoms with Gasteiger partial charge in [-0.15, -0.1) is 0 Å². The van der Waals surface area contributed by atoms with Gasteiger partial charge in [0, 0.05) is 23.3 Å². The molecule has 102 valence electrons. The number of halogens is 2. The van der Waals surface area contributed by atoms with Crippen molar-refractivity contribution >= 4 is 11.6 Å². The molecule has 0 atom stereocenters. The van der Waals surface area contributed by atoms with E-state index in [1.165, 1.54) is 10.7 Å². The quantitative estimate of drug-likeness (QED) is 0.932. The number of benzene rings is 1. The third-order valence-electron chi connectivity index (χ3n) is 2.60. The molecular formula is C14H17ClFN3. The fourth-order valence-corrected chi connectivity index (χ4v) is 1.77. The second kappa shape index (κ2) is 5.31. The molecule has 0 radical (unpaired) electrons. The molecule has 2 aromatic rings. The van der Waals surface area contributed by atoms with Gasteiger partial charge in [-0.1, -0.05) is 11.6 Å². The summed E-state index contributed by atoms with van der Waals surface area (Å²) in [5.41, 5.74) is 1.28. The topological polar surface area (TPSA) is 29.9 Å². The minimum Gasteiger partial charge on any atom is -0.306 e. The molecule has 0 aliphatic rings. The lowest BCUT2D eigenvalue weighted by Crippen LogP contribution is -2.35. The summed E-state index contributed by atoms with van der Waals surface area (Å²) in [6.07, 6.45) is 1.74. The van der Waals surface area contributed by atoms with Crippen molar-refractivity contribution in [2.75, 3.05) is 0 Å². The Balaban J connectivity index is 2.16. The van der Waals surface area contributed by atoms with Gasteiger partial charge < -0.3 is 5.32 Å². The number of nitrogens with zero attached hydrogens (tertiary/aromatic N) is 2. The Kier molecular flexibility index (Phi) is 3.92. The van der Waals surface area contributed by atoms with Gasteiger partial charge in [-0.2, -0.15) is 5.10 Å². The summed E-state index contributed by atoms with van der Waals surface area (Å²) in [6, 6.07) is 6.42. The molecule has 1 aromatic heterocycles. The lowest BCUT2D eigenvalue weighted by Gasteiger charge is -2.19. The van der Waals surface area contributed by atoms with Crippen LogP contribution in [-0.4, -0.2) is 15.3 Å². The van der Waals surface area contributed by atoms with Gasteiger partial charge in [-0.3, -0.25) is 0 Å². The van der Waals surface area contributed by atoms with Crippen molar-refractivity contribution in [1.29, 1.82) is 0 Å². The van der Waals surface area contributed by atoms with E-state index < -0.39 is 0 Å². The van der Waals surface area contributed by atoms with Crippen LogP contribution in [0.15, 0.2) is 30.5 Å². The number of hydrogen-bond donors (Lipinski definition) is 1. The Morgan fingerprint density at radius 1 is 1.32 bits per heavy atom. The average molecular weight is 282 g/mol. The van der Waals surface area contributed by atoms with Crippen molar-refractivity contribution in [2.24, 2.45) is 0 Å². The summed E-state index contributed by atoms with van der Waals surface area (Å²) in [7, 11) is 0. The second-order valence-electron chi connectivity index (χ2n) is 5.45. The van der Waals surface area contributed by atoms with Crippen molar-refractivity contribution in [2.45, 2.75) is 32.9 Å². The van der Waals surface area contributed by atoms with Gasteiger partial charge >= 0.3 is 0 Å². The van der Waals surface area contributed by atoms with Gasteiger partial charge in [0.05, 0.1) is 5.69 Å². The summed E-state index contributed by atoms with van der Waals surface area (Å²) >= 11 is 5.73. The minimum absolute atomic E-state index is 0.0231. The van der Waals surface area contributed by atoms with E-state index in [1.54, 1.807) is 18.3 Å². The first kappa shape index (κ1) is 14.0. The number of nitrogens with one attached hydrogen (secondary N) is 1. The van der Waals surface area contributed by atoms with Crippen LogP contribution in [0, 0.1) is 5.82 Å². The highest BCUT2D eigenvalue weighted by Gasteiger charge is 2.11. The van der Waals surface area contributed by atoms with E-state index in [-0.39, 0.29) is 11.4 Å². The first-order valence-corrected chi connectivity index (χ1v) is 6.48. The zero-order valence-corrected chi connectivity index (χ0v) is 12.0. The predicted molar refractivity (Wildman–Crippen MR) is 75.1 cm³/mol. The Morgan fingerprint density at radius 3 is 2.68 bits per heavy atom. The monoisotopic (exact) mass is 281 g/mol. The zero-order chi connectivity index (χ0) is 14.0. The number of rotatable bonds is 3. The first-order chi connectivity index (χ1) is 8.85. The van der Waals surface area contributed by atoms with Gasteiger partial charge in [0.15, 0.2) is 0 Å². The maximum atomic E-state index is 13.8. The molecule has 1 heterocycles. The van der Waals surface area contributed by atoms with Crippen LogP contribution in [0.1, 0.15) is 26.5 Å². The normalized spacial score (nSPS) is 11.8. The molecule has 3 nitrogen and oxygen atoms in total. The minimum atomic E-state index is -0.383. The van der Waals surface area contributed by atoms with Gasteiger partial charge in [0.25, 0.3) is 0 Å². The molecule has 0 amide bonds. The van der Waals surface area contributed by atoms with Crippen LogP contribution in [0.2, 0.25) is 5.02 Å². The molecule has 0 saturated carbocycles. The van der Waals surface area contributed by atoms with Crippen LogP contribution in [0.3, 0.4) is 0 Å².